The number of benzene rings is 1. The fourth-order valence-corrected chi connectivity index (χ4v) is 6.09. The van der Waals surface area contributed by atoms with Crippen LogP contribution >= 0.6 is 0 Å². The first-order valence-electron chi connectivity index (χ1n) is 10.9. The monoisotopic (exact) mass is 449 g/mol. The number of aromatic nitrogens is 2. The Balaban J connectivity index is 1.24. The number of piperazine rings is 1. The molecule has 170 valence electrons. The Labute approximate surface area is 183 Å². The van der Waals surface area contributed by atoms with Crippen LogP contribution in [0.3, 0.4) is 0 Å². The normalized spacial score (nSPS) is 24.0. The lowest BCUT2D eigenvalue weighted by Crippen LogP contribution is -2.57. The Morgan fingerprint density at radius 1 is 1.10 bits per heavy atom. The van der Waals surface area contributed by atoms with Gasteiger partial charge in [0, 0.05) is 52.1 Å². The van der Waals surface area contributed by atoms with E-state index in [1.165, 1.54) is 8.61 Å². The van der Waals surface area contributed by atoms with E-state index >= 15 is 0 Å². The Kier molecular flexibility index (Phi) is 6.61. The number of aromatic amines is 1. The van der Waals surface area contributed by atoms with Crippen molar-refractivity contribution in [2.75, 3.05) is 39.3 Å². The van der Waals surface area contributed by atoms with Crippen molar-refractivity contribution in [1.29, 1.82) is 0 Å². The topological polar surface area (TPSA) is 98.8 Å². The summed E-state index contributed by atoms with van der Waals surface area (Å²) < 4.78 is 34.6. The highest BCUT2D eigenvalue weighted by Gasteiger charge is 2.37. The summed E-state index contributed by atoms with van der Waals surface area (Å²) in [4.78, 5) is 22.2. The average Bonchev–Trinajstić information content (AvgIpc) is 3.16. The zero-order chi connectivity index (χ0) is 22.0. The minimum absolute atomic E-state index is 0.0711. The zero-order valence-electron chi connectivity index (χ0n) is 18.2. The largest absolute Gasteiger partial charge is 0.373 e. The first-order chi connectivity index (χ1) is 14.8. The third-order valence-corrected chi connectivity index (χ3v) is 7.84. The van der Waals surface area contributed by atoms with Gasteiger partial charge in [-0.25, -0.2) is 4.98 Å². The molecule has 2 fully saturated rings. The van der Waals surface area contributed by atoms with E-state index in [0.717, 1.165) is 16.9 Å². The Hall–Kier alpha value is -2.01. The smallest absolute Gasteiger partial charge is 0.282 e. The number of carbonyl (C=O) groups is 1. The van der Waals surface area contributed by atoms with Crippen molar-refractivity contribution < 1.29 is 17.9 Å². The lowest BCUT2D eigenvalue weighted by molar-refractivity contribution is -0.132. The van der Waals surface area contributed by atoms with Gasteiger partial charge in [0.05, 0.1) is 23.2 Å². The molecule has 9 nitrogen and oxygen atoms in total. The number of rotatable bonds is 6. The molecule has 10 heteroatoms. The van der Waals surface area contributed by atoms with E-state index < -0.39 is 10.2 Å². The maximum Gasteiger partial charge on any atom is 0.282 e. The first-order valence-corrected chi connectivity index (χ1v) is 12.3. The molecule has 2 saturated heterocycles. The minimum atomic E-state index is -3.53. The van der Waals surface area contributed by atoms with Gasteiger partial charge in [-0.1, -0.05) is 12.1 Å². The van der Waals surface area contributed by atoms with E-state index in [-0.39, 0.29) is 18.1 Å². The van der Waals surface area contributed by atoms with Crippen molar-refractivity contribution >= 4 is 27.1 Å². The van der Waals surface area contributed by atoms with Crippen molar-refractivity contribution in [1.82, 2.24) is 23.5 Å². The van der Waals surface area contributed by atoms with Crippen LogP contribution in [-0.4, -0.2) is 89.3 Å². The molecule has 2 atom stereocenters. The van der Waals surface area contributed by atoms with Crippen LogP contribution in [-0.2, 0) is 26.2 Å². The third kappa shape index (κ3) is 5.08. The summed E-state index contributed by atoms with van der Waals surface area (Å²) in [6.07, 6.45) is 1.62. The van der Waals surface area contributed by atoms with Crippen LogP contribution in [0.5, 0.6) is 0 Å². The van der Waals surface area contributed by atoms with E-state index in [2.05, 4.69) is 9.97 Å². The fraction of sp³-hybridized carbons (Fsp3) is 0.619. The van der Waals surface area contributed by atoms with E-state index in [4.69, 9.17) is 4.74 Å². The van der Waals surface area contributed by atoms with E-state index in [9.17, 15) is 13.2 Å². The van der Waals surface area contributed by atoms with E-state index in [1.54, 1.807) is 4.90 Å². The molecule has 0 radical (unpaired) electrons. The van der Waals surface area contributed by atoms with Gasteiger partial charge in [-0.2, -0.15) is 17.0 Å². The SMILES string of the molecule is CC1CN(S(=O)(=O)N2CCN(C(=O)CCCc3nc4ccccc4[nH]3)CC2)CC(C)O1. The van der Waals surface area contributed by atoms with Gasteiger partial charge in [0.2, 0.25) is 5.91 Å². The molecule has 2 aromatic rings. The lowest BCUT2D eigenvalue weighted by Gasteiger charge is -2.40. The van der Waals surface area contributed by atoms with Gasteiger partial charge in [0.15, 0.2) is 0 Å². The number of hydrogen-bond donors (Lipinski definition) is 1. The highest BCUT2D eigenvalue weighted by molar-refractivity contribution is 7.86. The number of morpholine rings is 1. The number of imidazole rings is 1. The van der Waals surface area contributed by atoms with Crippen molar-refractivity contribution in [2.45, 2.75) is 45.3 Å². The molecule has 3 heterocycles. The molecule has 1 N–H and O–H groups in total. The summed E-state index contributed by atoms with van der Waals surface area (Å²) in [5, 5.41) is 0. The molecule has 0 aliphatic carbocycles. The van der Waals surface area contributed by atoms with Crippen LogP contribution in [0.15, 0.2) is 24.3 Å². The molecule has 1 amide bonds. The van der Waals surface area contributed by atoms with Gasteiger partial charge in [-0.05, 0) is 32.4 Å². The summed E-state index contributed by atoms with van der Waals surface area (Å²) in [5.41, 5.74) is 1.94. The maximum absolute atomic E-state index is 13.0. The van der Waals surface area contributed by atoms with Crippen LogP contribution in [0.4, 0.5) is 0 Å². The Morgan fingerprint density at radius 2 is 1.77 bits per heavy atom. The van der Waals surface area contributed by atoms with Gasteiger partial charge < -0.3 is 14.6 Å². The third-order valence-electron chi connectivity index (χ3n) is 5.87. The molecule has 1 aromatic heterocycles. The number of carbonyl (C=O) groups excluding carboxylic acids is 1. The highest BCUT2D eigenvalue weighted by Crippen LogP contribution is 2.19. The molecule has 2 aliphatic rings. The van der Waals surface area contributed by atoms with Crippen molar-refractivity contribution in [3.05, 3.63) is 30.1 Å². The minimum Gasteiger partial charge on any atom is -0.373 e. The number of H-pyrrole nitrogens is 1. The molecular formula is C21H31N5O4S. The number of nitrogens with zero attached hydrogens (tertiary/aromatic N) is 4. The Bertz CT molecular complexity index is 973. The molecule has 0 saturated carbocycles. The first kappa shape index (κ1) is 22.2. The van der Waals surface area contributed by atoms with E-state index in [1.807, 2.05) is 38.1 Å². The quantitative estimate of drug-likeness (QED) is 0.718. The fourth-order valence-electron chi connectivity index (χ4n) is 4.34. The van der Waals surface area contributed by atoms with Crippen LogP contribution in [0, 0.1) is 0 Å². The summed E-state index contributed by atoms with van der Waals surface area (Å²) >= 11 is 0. The maximum atomic E-state index is 13.0. The van der Waals surface area contributed by atoms with Crippen molar-refractivity contribution in [3.63, 3.8) is 0 Å². The molecular weight excluding hydrogens is 418 g/mol. The number of hydrogen-bond acceptors (Lipinski definition) is 5. The van der Waals surface area contributed by atoms with Crippen LogP contribution in [0.25, 0.3) is 11.0 Å². The van der Waals surface area contributed by atoms with Gasteiger partial charge in [-0.15, -0.1) is 0 Å². The molecule has 2 unspecified atom stereocenters. The van der Waals surface area contributed by atoms with Crippen molar-refractivity contribution in [2.24, 2.45) is 0 Å². The lowest BCUT2D eigenvalue weighted by atomic mass is 10.2. The molecule has 31 heavy (non-hydrogen) atoms. The number of ether oxygens (including phenoxy) is 1. The van der Waals surface area contributed by atoms with Crippen LogP contribution in [0.2, 0.25) is 0 Å². The van der Waals surface area contributed by atoms with Gasteiger partial charge in [-0.3, -0.25) is 4.79 Å². The second-order valence-corrected chi connectivity index (χ2v) is 10.3. The molecule has 1 aromatic carbocycles. The molecule has 4 rings (SSSR count). The standard InChI is InChI=1S/C21H31N5O4S/c1-16-14-26(15-17(2)30-16)31(28,29)25-12-10-24(11-13-25)21(27)9-5-8-20-22-18-6-3-4-7-19(18)23-20/h3-4,6-7,16-17H,5,8-15H2,1-2H3,(H,22,23). The van der Waals surface area contributed by atoms with Gasteiger partial charge in [0.1, 0.15) is 5.82 Å². The van der Waals surface area contributed by atoms with Gasteiger partial charge >= 0.3 is 0 Å². The van der Waals surface area contributed by atoms with E-state index in [0.29, 0.717) is 58.5 Å². The van der Waals surface area contributed by atoms with Crippen molar-refractivity contribution in [3.8, 4) is 0 Å². The van der Waals surface area contributed by atoms with Crippen LogP contribution < -0.4 is 0 Å². The number of aryl methyl sites for hydroxylation is 1. The molecule has 2 aliphatic heterocycles. The number of amides is 1. The predicted molar refractivity (Wildman–Crippen MR) is 118 cm³/mol. The zero-order valence-corrected chi connectivity index (χ0v) is 19.0. The number of fused-ring (bicyclic) bond motifs is 1. The van der Waals surface area contributed by atoms with Crippen LogP contribution in [0.1, 0.15) is 32.5 Å². The summed E-state index contributed by atoms with van der Waals surface area (Å²) in [7, 11) is -3.53. The molecule has 0 spiro atoms. The summed E-state index contributed by atoms with van der Waals surface area (Å²) in [6.45, 7) is 6.04. The predicted octanol–water partition coefficient (Wildman–Crippen LogP) is 1.38. The Morgan fingerprint density at radius 3 is 2.45 bits per heavy atom. The summed E-state index contributed by atoms with van der Waals surface area (Å²) in [6, 6.07) is 7.87. The number of para-hydroxylation sites is 2. The van der Waals surface area contributed by atoms with Gasteiger partial charge in [0.25, 0.3) is 10.2 Å². The average molecular weight is 450 g/mol. The second-order valence-electron chi connectivity index (χ2n) is 8.42. The number of nitrogens with one attached hydrogen (secondary N) is 1. The molecule has 0 bridgehead atoms. The second kappa shape index (κ2) is 9.23. The highest BCUT2D eigenvalue weighted by atomic mass is 32.2. The summed E-state index contributed by atoms with van der Waals surface area (Å²) in [5.74, 6) is 0.959.